The van der Waals surface area contributed by atoms with Gasteiger partial charge >= 0.3 is 12.1 Å². The molecule has 4 amide bonds. The Morgan fingerprint density at radius 3 is 1.72 bits per heavy atom. The number of hydrogen-bond donors (Lipinski definition) is 4. The van der Waals surface area contributed by atoms with Crippen LogP contribution in [0.2, 0.25) is 0 Å². The zero-order chi connectivity index (χ0) is 22.8. The van der Waals surface area contributed by atoms with E-state index in [-0.39, 0.29) is 12.1 Å². The third-order valence-corrected chi connectivity index (χ3v) is 5.65. The zero-order valence-electron chi connectivity index (χ0n) is 18.6. The number of rotatable bonds is 8. The molecule has 8 heteroatoms. The lowest BCUT2D eigenvalue weighted by atomic mass is 9.81. The van der Waals surface area contributed by atoms with E-state index in [2.05, 4.69) is 21.3 Å². The molecule has 3 rings (SSSR count). The molecule has 0 spiro atoms. The van der Waals surface area contributed by atoms with E-state index < -0.39 is 0 Å². The highest BCUT2D eigenvalue weighted by atomic mass is 16.5. The van der Waals surface area contributed by atoms with Gasteiger partial charge in [0.2, 0.25) is 0 Å². The molecule has 2 aromatic rings. The number of benzene rings is 2. The molecule has 2 aromatic carbocycles. The molecule has 0 aliphatic heterocycles. The van der Waals surface area contributed by atoms with Crippen LogP contribution in [0, 0.1) is 11.8 Å². The first-order valence-electron chi connectivity index (χ1n) is 10.9. The summed E-state index contributed by atoms with van der Waals surface area (Å²) in [5.74, 6) is 2.18. The summed E-state index contributed by atoms with van der Waals surface area (Å²) < 4.78 is 10.4. The van der Waals surface area contributed by atoms with Crippen molar-refractivity contribution in [3.63, 3.8) is 0 Å². The average molecular weight is 441 g/mol. The van der Waals surface area contributed by atoms with E-state index in [4.69, 9.17) is 9.47 Å². The Balaban J connectivity index is 1.38. The smallest absolute Gasteiger partial charge is 0.319 e. The van der Waals surface area contributed by atoms with Gasteiger partial charge in [0, 0.05) is 36.6 Å². The highest BCUT2D eigenvalue weighted by Crippen LogP contribution is 2.28. The molecule has 8 nitrogen and oxygen atoms in total. The first kappa shape index (κ1) is 23.2. The molecule has 1 aliphatic carbocycles. The molecule has 0 aromatic heterocycles. The van der Waals surface area contributed by atoms with Crippen molar-refractivity contribution >= 4 is 23.4 Å². The third kappa shape index (κ3) is 7.37. The fourth-order valence-electron chi connectivity index (χ4n) is 4.00. The highest BCUT2D eigenvalue weighted by Gasteiger charge is 2.23. The minimum absolute atomic E-state index is 0.226. The largest absolute Gasteiger partial charge is 0.497 e. The molecule has 2 atom stereocenters. The molecule has 0 radical (unpaired) electrons. The number of anilines is 2. The van der Waals surface area contributed by atoms with Crippen LogP contribution in [-0.2, 0) is 0 Å². The summed E-state index contributed by atoms with van der Waals surface area (Å²) in [4.78, 5) is 24.5. The van der Waals surface area contributed by atoms with Gasteiger partial charge in [-0.1, -0.05) is 18.6 Å². The monoisotopic (exact) mass is 440 g/mol. The van der Waals surface area contributed by atoms with Crippen molar-refractivity contribution in [2.75, 3.05) is 37.9 Å². The number of urea groups is 2. The molecule has 1 aliphatic rings. The van der Waals surface area contributed by atoms with Crippen molar-refractivity contribution in [2.45, 2.75) is 25.7 Å². The van der Waals surface area contributed by atoms with E-state index in [0.717, 1.165) is 25.7 Å². The maximum absolute atomic E-state index is 12.2. The van der Waals surface area contributed by atoms with E-state index in [1.165, 1.54) is 0 Å². The van der Waals surface area contributed by atoms with Crippen molar-refractivity contribution in [1.82, 2.24) is 10.6 Å². The summed E-state index contributed by atoms with van der Waals surface area (Å²) in [5.41, 5.74) is 1.38. The van der Waals surface area contributed by atoms with Crippen molar-refractivity contribution in [3.05, 3.63) is 48.5 Å². The number of nitrogens with one attached hydrogen (secondary N) is 4. The van der Waals surface area contributed by atoms with E-state index in [1.54, 1.807) is 26.4 Å². The van der Waals surface area contributed by atoms with Crippen molar-refractivity contribution < 1.29 is 19.1 Å². The van der Waals surface area contributed by atoms with Crippen molar-refractivity contribution in [3.8, 4) is 11.5 Å². The van der Waals surface area contributed by atoms with E-state index >= 15 is 0 Å². The van der Waals surface area contributed by atoms with Gasteiger partial charge in [-0.05, 0) is 55.4 Å². The normalized spacial score (nSPS) is 17.7. The molecule has 4 N–H and O–H groups in total. The van der Waals surface area contributed by atoms with Crippen LogP contribution in [0.5, 0.6) is 11.5 Å². The van der Waals surface area contributed by atoms with Crippen LogP contribution in [0.4, 0.5) is 21.0 Å². The number of methoxy groups -OCH3 is 2. The lowest BCUT2D eigenvalue weighted by Crippen LogP contribution is -2.38. The number of hydrogen-bond acceptors (Lipinski definition) is 4. The van der Waals surface area contributed by atoms with E-state index in [1.807, 2.05) is 36.4 Å². The van der Waals surface area contributed by atoms with Crippen LogP contribution in [-0.4, -0.2) is 39.4 Å². The van der Waals surface area contributed by atoms with Gasteiger partial charge in [-0.15, -0.1) is 0 Å². The van der Waals surface area contributed by atoms with Crippen LogP contribution >= 0.6 is 0 Å². The lowest BCUT2D eigenvalue weighted by molar-refractivity contribution is 0.230. The predicted octanol–water partition coefficient (Wildman–Crippen LogP) is 4.45. The molecule has 0 bridgehead atoms. The van der Waals surface area contributed by atoms with Gasteiger partial charge in [-0.2, -0.15) is 0 Å². The number of carbonyl (C=O) groups is 2. The van der Waals surface area contributed by atoms with Crippen LogP contribution in [0.1, 0.15) is 25.7 Å². The highest BCUT2D eigenvalue weighted by molar-refractivity contribution is 5.90. The van der Waals surface area contributed by atoms with Gasteiger partial charge in [0.15, 0.2) is 0 Å². The van der Waals surface area contributed by atoms with Gasteiger partial charge < -0.3 is 30.7 Å². The number of carbonyl (C=O) groups excluding carboxylic acids is 2. The number of ether oxygens (including phenoxy) is 2. The van der Waals surface area contributed by atoms with Crippen LogP contribution in [0.25, 0.3) is 0 Å². The topological polar surface area (TPSA) is 101 Å². The Hall–Kier alpha value is -3.42. The van der Waals surface area contributed by atoms with Gasteiger partial charge in [0.25, 0.3) is 0 Å². The summed E-state index contributed by atoms with van der Waals surface area (Å²) in [6, 6.07) is 14.1. The molecule has 1 saturated carbocycles. The molecule has 1 fully saturated rings. The second kappa shape index (κ2) is 11.8. The molecule has 0 saturated heterocycles. The van der Waals surface area contributed by atoms with Crippen molar-refractivity contribution in [1.29, 1.82) is 0 Å². The zero-order valence-corrected chi connectivity index (χ0v) is 18.6. The van der Waals surface area contributed by atoms with Crippen molar-refractivity contribution in [2.24, 2.45) is 11.8 Å². The van der Waals surface area contributed by atoms with Gasteiger partial charge in [0.1, 0.15) is 11.5 Å². The molecule has 0 heterocycles. The standard InChI is InChI=1S/C24H32N4O4/c1-31-21-10-4-8-19(13-21)27-23(29)25-15-17-6-3-7-18(12-17)16-26-24(30)28-20-9-5-11-22(14-20)32-2/h4-5,8-11,13-14,17-18H,3,6-7,12,15-16H2,1-2H3,(H2,25,27,29)(H2,26,28,30)/t17-,18-/m1/s1. The second-order valence-electron chi connectivity index (χ2n) is 8.03. The van der Waals surface area contributed by atoms with Crippen LogP contribution < -0.4 is 30.7 Å². The Morgan fingerprint density at radius 2 is 1.28 bits per heavy atom. The summed E-state index contributed by atoms with van der Waals surface area (Å²) >= 11 is 0. The first-order chi connectivity index (χ1) is 15.6. The second-order valence-corrected chi connectivity index (χ2v) is 8.03. The fourth-order valence-corrected chi connectivity index (χ4v) is 4.00. The molecule has 172 valence electrons. The van der Waals surface area contributed by atoms with Gasteiger partial charge in [-0.3, -0.25) is 0 Å². The summed E-state index contributed by atoms with van der Waals surface area (Å²) in [7, 11) is 3.19. The summed E-state index contributed by atoms with van der Waals surface area (Å²) in [5, 5.41) is 11.6. The lowest BCUT2D eigenvalue weighted by Gasteiger charge is -2.29. The predicted molar refractivity (Wildman–Crippen MR) is 125 cm³/mol. The van der Waals surface area contributed by atoms with Gasteiger partial charge in [0.05, 0.1) is 14.2 Å². The molecular weight excluding hydrogens is 408 g/mol. The Labute approximate surface area is 189 Å². The maximum atomic E-state index is 12.2. The minimum atomic E-state index is -0.226. The summed E-state index contributed by atoms with van der Waals surface area (Å²) in [6.07, 6.45) is 4.21. The first-order valence-corrected chi connectivity index (χ1v) is 10.9. The van der Waals surface area contributed by atoms with Crippen LogP contribution in [0.15, 0.2) is 48.5 Å². The molecule has 32 heavy (non-hydrogen) atoms. The fraction of sp³-hybridized carbons (Fsp3) is 0.417. The maximum Gasteiger partial charge on any atom is 0.319 e. The van der Waals surface area contributed by atoms with Gasteiger partial charge in [-0.25, -0.2) is 9.59 Å². The number of amides is 4. The SMILES string of the molecule is COc1cccc(NC(=O)NC[C@@H]2CCC[C@@H](CNC(=O)Nc3cccc(OC)c3)C2)c1. The quantitative estimate of drug-likeness (QED) is 0.487. The molecule has 0 unspecified atom stereocenters. The minimum Gasteiger partial charge on any atom is -0.497 e. The van der Waals surface area contributed by atoms with Crippen LogP contribution in [0.3, 0.4) is 0 Å². The Kier molecular flexibility index (Phi) is 8.60. The third-order valence-electron chi connectivity index (χ3n) is 5.65. The van der Waals surface area contributed by atoms with E-state index in [9.17, 15) is 9.59 Å². The Morgan fingerprint density at radius 1 is 0.812 bits per heavy atom. The summed E-state index contributed by atoms with van der Waals surface area (Å²) in [6.45, 7) is 1.23. The Bertz CT molecular complexity index is 834. The van der Waals surface area contributed by atoms with E-state index in [0.29, 0.717) is 47.8 Å². The average Bonchev–Trinajstić information content (AvgIpc) is 2.82. The molecular formula is C24H32N4O4.